The number of carbonyl (C=O) groups excluding carboxylic acids is 2. The van der Waals surface area contributed by atoms with Crippen molar-refractivity contribution in [3.63, 3.8) is 0 Å². The summed E-state index contributed by atoms with van der Waals surface area (Å²) < 4.78 is 1.55. The number of halogens is 1. The molecular formula is C20H13ClN4O4. The van der Waals surface area contributed by atoms with Crippen LogP contribution >= 0.6 is 11.6 Å². The number of allylic oxidation sites excluding steroid dienone is 1. The van der Waals surface area contributed by atoms with Gasteiger partial charge in [-0.2, -0.15) is 5.10 Å². The van der Waals surface area contributed by atoms with Crippen LogP contribution in [-0.4, -0.2) is 27.3 Å². The Kier molecular flexibility index (Phi) is 4.69. The number of nitrogens with zero attached hydrogens (tertiary/aromatic N) is 3. The van der Waals surface area contributed by atoms with Crippen LogP contribution < -0.4 is 5.32 Å². The van der Waals surface area contributed by atoms with E-state index < -0.39 is 4.92 Å². The number of hydrogen-bond donors (Lipinski definition) is 1. The van der Waals surface area contributed by atoms with E-state index in [4.69, 9.17) is 11.6 Å². The van der Waals surface area contributed by atoms with Gasteiger partial charge < -0.3 is 5.32 Å². The van der Waals surface area contributed by atoms with Crippen LogP contribution in [0.2, 0.25) is 5.02 Å². The molecule has 0 atom stereocenters. The fraction of sp³-hybridized carbons (Fsp3) is 0.0500. The predicted molar refractivity (Wildman–Crippen MR) is 108 cm³/mol. The highest BCUT2D eigenvalue weighted by Crippen LogP contribution is 2.35. The largest absolute Gasteiger partial charge is 0.339 e. The Labute approximate surface area is 169 Å². The highest BCUT2D eigenvalue weighted by Gasteiger charge is 2.26. The predicted octanol–water partition coefficient (Wildman–Crippen LogP) is 3.96. The van der Waals surface area contributed by atoms with Crippen LogP contribution in [0.4, 0.5) is 11.5 Å². The molecule has 0 amide bonds. The molecule has 3 aromatic rings. The maximum atomic E-state index is 11.8. The van der Waals surface area contributed by atoms with Crippen molar-refractivity contribution >= 4 is 41.4 Å². The zero-order valence-electron chi connectivity index (χ0n) is 14.8. The molecule has 0 saturated carbocycles. The molecule has 9 heteroatoms. The lowest BCUT2D eigenvalue weighted by molar-refractivity contribution is -0.384. The second-order valence-electron chi connectivity index (χ2n) is 6.34. The van der Waals surface area contributed by atoms with Crippen molar-refractivity contribution in [2.75, 3.05) is 5.32 Å². The summed E-state index contributed by atoms with van der Waals surface area (Å²) >= 11 is 5.93. The average molecular weight is 409 g/mol. The van der Waals surface area contributed by atoms with Crippen molar-refractivity contribution in [3.05, 3.63) is 80.4 Å². The number of nitro groups is 1. The fourth-order valence-electron chi connectivity index (χ4n) is 3.20. The molecule has 0 bridgehead atoms. The summed E-state index contributed by atoms with van der Waals surface area (Å²) in [6.45, 7) is 0.159. The number of aromatic nitrogens is 2. The topological polar surface area (TPSA) is 107 Å². The molecule has 29 heavy (non-hydrogen) atoms. The molecule has 1 aliphatic rings. The first-order valence-electron chi connectivity index (χ1n) is 8.54. The third-order valence-corrected chi connectivity index (χ3v) is 4.87. The number of aldehydes is 2. The van der Waals surface area contributed by atoms with Gasteiger partial charge in [-0.1, -0.05) is 23.7 Å². The van der Waals surface area contributed by atoms with Crippen LogP contribution in [-0.2, 0) is 11.3 Å². The number of anilines is 1. The van der Waals surface area contributed by atoms with Gasteiger partial charge in [0.15, 0.2) is 6.29 Å². The Morgan fingerprint density at radius 2 is 1.69 bits per heavy atom. The molecule has 0 saturated heterocycles. The van der Waals surface area contributed by atoms with Crippen molar-refractivity contribution in [1.29, 1.82) is 0 Å². The summed E-state index contributed by atoms with van der Waals surface area (Å²) in [6.07, 6.45) is 1.41. The Morgan fingerprint density at radius 1 is 1.03 bits per heavy atom. The first-order valence-corrected chi connectivity index (χ1v) is 8.91. The van der Waals surface area contributed by atoms with E-state index in [9.17, 15) is 19.7 Å². The standard InChI is InChI=1S/C20H13ClN4O4/c21-15-5-1-13(2-6-15)19-17(11-27)20-22-18(14(10-26)9-24(20)23-19)12-3-7-16(8-4-12)25(28)29/h1-8,10-11,22H,9H2. The highest BCUT2D eigenvalue weighted by atomic mass is 35.5. The normalized spacial score (nSPS) is 12.9. The van der Waals surface area contributed by atoms with Gasteiger partial charge in [0.25, 0.3) is 5.69 Å². The van der Waals surface area contributed by atoms with E-state index >= 15 is 0 Å². The second kappa shape index (κ2) is 7.33. The molecule has 2 heterocycles. The SMILES string of the molecule is O=CC1=C(c2ccc([N+](=O)[O-])cc2)Nc2c(C=O)c(-c3ccc(Cl)cc3)nn2C1. The van der Waals surface area contributed by atoms with Gasteiger partial charge in [0, 0.05) is 28.3 Å². The van der Waals surface area contributed by atoms with Crippen molar-refractivity contribution < 1.29 is 14.5 Å². The minimum Gasteiger partial charge on any atom is -0.339 e. The first kappa shape index (κ1) is 18.6. The lowest BCUT2D eigenvalue weighted by Gasteiger charge is -2.21. The second-order valence-corrected chi connectivity index (χ2v) is 6.78. The lowest BCUT2D eigenvalue weighted by Crippen LogP contribution is -2.19. The van der Waals surface area contributed by atoms with E-state index in [2.05, 4.69) is 10.4 Å². The molecule has 2 aromatic carbocycles. The van der Waals surface area contributed by atoms with Crippen LogP contribution in [0.15, 0.2) is 54.1 Å². The van der Waals surface area contributed by atoms with Gasteiger partial charge in [-0.05, 0) is 29.8 Å². The van der Waals surface area contributed by atoms with Gasteiger partial charge in [-0.15, -0.1) is 0 Å². The number of nitrogens with one attached hydrogen (secondary N) is 1. The van der Waals surface area contributed by atoms with Crippen LogP contribution in [0.1, 0.15) is 15.9 Å². The molecule has 0 fully saturated rings. The van der Waals surface area contributed by atoms with Gasteiger partial charge >= 0.3 is 0 Å². The molecule has 8 nitrogen and oxygen atoms in total. The number of benzene rings is 2. The Morgan fingerprint density at radius 3 is 2.28 bits per heavy atom. The van der Waals surface area contributed by atoms with Crippen molar-refractivity contribution in [3.8, 4) is 11.3 Å². The summed E-state index contributed by atoms with van der Waals surface area (Å²) in [5.74, 6) is 0.448. The number of fused-ring (bicyclic) bond motifs is 1. The molecule has 0 aliphatic carbocycles. The maximum Gasteiger partial charge on any atom is 0.269 e. The number of rotatable bonds is 5. The zero-order chi connectivity index (χ0) is 20.5. The number of nitro benzene ring substituents is 1. The van der Waals surface area contributed by atoms with Crippen molar-refractivity contribution in [1.82, 2.24) is 9.78 Å². The number of hydrogen-bond acceptors (Lipinski definition) is 6. The van der Waals surface area contributed by atoms with Crippen LogP contribution in [0.5, 0.6) is 0 Å². The van der Waals surface area contributed by atoms with Crippen LogP contribution in [0, 0.1) is 10.1 Å². The Balaban J connectivity index is 1.77. The van der Waals surface area contributed by atoms with Gasteiger partial charge in [-0.25, -0.2) is 4.68 Å². The summed E-state index contributed by atoms with van der Waals surface area (Å²) in [7, 11) is 0. The quantitative estimate of drug-likeness (QED) is 0.389. The van der Waals surface area contributed by atoms with Gasteiger partial charge in [0.05, 0.1) is 22.7 Å². The molecule has 0 spiro atoms. The summed E-state index contributed by atoms with van der Waals surface area (Å²) in [5.41, 5.74) is 2.95. The summed E-state index contributed by atoms with van der Waals surface area (Å²) in [5, 5.41) is 19.0. The molecule has 1 aromatic heterocycles. The first-order chi connectivity index (χ1) is 14.0. The third-order valence-electron chi connectivity index (χ3n) is 4.62. The minimum absolute atomic E-state index is 0.0542. The van der Waals surface area contributed by atoms with Gasteiger partial charge in [0.1, 0.15) is 17.8 Å². The van der Waals surface area contributed by atoms with E-state index in [1.807, 2.05) is 0 Å². The maximum absolute atomic E-state index is 11.8. The summed E-state index contributed by atoms with van der Waals surface area (Å²) in [6, 6.07) is 12.7. The van der Waals surface area contributed by atoms with E-state index in [-0.39, 0.29) is 12.2 Å². The monoisotopic (exact) mass is 408 g/mol. The molecule has 4 rings (SSSR count). The molecule has 144 valence electrons. The molecule has 1 N–H and O–H groups in total. The molecule has 0 radical (unpaired) electrons. The van der Waals surface area contributed by atoms with Crippen LogP contribution in [0.3, 0.4) is 0 Å². The molecular weight excluding hydrogens is 396 g/mol. The van der Waals surface area contributed by atoms with Crippen molar-refractivity contribution in [2.45, 2.75) is 6.54 Å². The highest BCUT2D eigenvalue weighted by molar-refractivity contribution is 6.30. The van der Waals surface area contributed by atoms with Gasteiger partial charge in [0.2, 0.25) is 0 Å². The summed E-state index contributed by atoms with van der Waals surface area (Å²) in [4.78, 5) is 33.9. The smallest absolute Gasteiger partial charge is 0.269 e. The van der Waals surface area contributed by atoms with Gasteiger partial charge in [-0.3, -0.25) is 19.7 Å². The van der Waals surface area contributed by atoms with Crippen molar-refractivity contribution in [2.24, 2.45) is 0 Å². The molecule has 0 unspecified atom stereocenters. The Hall–Kier alpha value is -3.78. The number of carbonyl (C=O) groups is 2. The van der Waals surface area contributed by atoms with E-state index in [1.165, 1.54) is 12.1 Å². The van der Waals surface area contributed by atoms with Crippen LogP contribution in [0.25, 0.3) is 17.0 Å². The third kappa shape index (κ3) is 3.30. The fourth-order valence-corrected chi connectivity index (χ4v) is 3.32. The van der Waals surface area contributed by atoms with E-state index in [1.54, 1.807) is 41.1 Å². The zero-order valence-corrected chi connectivity index (χ0v) is 15.6. The van der Waals surface area contributed by atoms with E-state index in [0.717, 1.165) is 0 Å². The lowest BCUT2D eigenvalue weighted by atomic mass is 10.0. The minimum atomic E-state index is -0.495. The average Bonchev–Trinajstić information content (AvgIpc) is 3.10. The Bertz CT molecular complexity index is 1160. The number of non-ortho nitro benzene ring substituents is 1. The molecule has 1 aliphatic heterocycles. The van der Waals surface area contributed by atoms with E-state index in [0.29, 0.717) is 57.1 Å².